The smallest absolute Gasteiger partial charge is 0.241 e. The summed E-state index contributed by atoms with van der Waals surface area (Å²) in [6.45, 7) is 2.39. The van der Waals surface area contributed by atoms with Crippen molar-refractivity contribution in [3.63, 3.8) is 0 Å². The maximum absolute atomic E-state index is 12.1. The molecule has 0 radical (unpaired) electrons. The summed E-state index contributed by atoms with van der Waals surface area (Å²) >= 11 is 0. The molecule has 2 aromatic rings. The van der Waals surface area contributed by atoms with Gasteiger partial charge in [0.25, 0.3) is 0 Å². The van der Waals surface area contributed by atoms with Crippen molar-refractivity contribution in [2.45, 2.75) is 19.5 Å². The van der Waals surface area contributed by atoms with E-state index in [1.165, 1.54) is 0 Å². The van der Waals surface area contributed by atoms with Crippen molar-refractivity contribution < 1.29 is 9.53 Å². The van der Waals surface area contributed by atoms with Crippen LogP contribution in [0.15, 0.2) is 48.5 Å². The number of para-hydroxylation sites is 1. The maximum atomic E-state index is 12.1. The standard InChI is InChI=1S/C17H20N2O2/c1-12-7-9-13(10-8-12)16(18)17(20)19-11-14-5-3-4-6-15(14)21-2/h3-10,16H,11,18H2,1-2H3,(H,19,20). The summed E-state index contributed by atoms with van der Waals surface area (Å²) in [4.78, 5) is 12.1. The van der Waals surface area contributed by atoms with Crippen LogP contribution in [0.5, 0.6) is 5.75 Å². The Labute approximate surface area is 124 Å². The SMILES string of the molecule is COc1ccccc1CNC(=O)C(N)c1ccc(C)cc1. The van der Waals surface area contributed by atoms with Gasteiger partial charge in [0.15, 0.2) is 0 Å². The molecule has 0 aliphatic carbocycles. The lowest BCUT2D eigenvalue weighted by Crippen LogP contribution is -2.33. The van der Waals surface area contributed by atoms with E-state index < -0.39 is 6.04 Å². The Balaban J connectivity index is 1.99. The normalized spacial score (nSPS) is 11.8. The van der Waals surface area contributed by atoms with Crippen LogP contribution in [0.3, 0.4) is 0 Å². The third-order valence-electron chi connectivity index (χ3n) is 3.36. The molecular formula is C17H20N2O2. The minimum Gasteiger partial charge on any atom is -0.496 e. The number of ether oxygens (including phenoxy) is 1. The Morgan fingerprint density at radius 2 is 1.86 bits per heavy atom. The summed E-state index contributed by atoms with van der Waals surface area (Å²) in [5, 5.41) is 2.84. The zero-order valence-electron chi connectivity index (χ0n) is 12.3. The number of hydrogen-bond acceptors (Lipinski definition) is 3. The van der Waals surface area contributed by atoms with Crippen molar-refractivity contribution in [1.82, 2.24) is 5.32 Å². The zero-order valence-corrected chi connectivity index (χ0v) is 12.3. The largest absolute Gasteiger partial charge is 0.496 e. The number of nitrogens with two attached hydrogens (primary N) is 1. The minimum atomic E-state index is -0.666. The number of methoxy groups -OCH3 is 1. The third-order valence-corrected chi connectivity index (χ3v) is 3.36. The Morgan fingerprint density at radius 1 is 1.19 bits per heavy atom. The number of carbonyl (C=O) groups is 1. The van der Waals surface area contributed by atoms with Crippen molar-refractivity contribution in [2.24, 2.45) is 5.73 Å². The molecule has 0 aliphatic heterocycles. The number of rotatable bonds is 5. The van der Waals surface area contributed by atoms with E-state index in [-0.39, 0.29) is 5.91 Å². The van der Waals surface area contributed by atoms with E-state index in [0.717, 1.165) is 22.4 Å². The van der Waals surface area contributed by atoms with Gasteiger partial charge in [-0.05, 0) is 18.6 Å². The van der Waals surface area contributed by atoms with Crippen LogP contribution in [-0.2, 0) is 11.3 Å². The van der Waals surface area contributed by atoms with Gasteiger partial charge in [-0.25, -0.2) is 0 Å². The molecule has 0 saturated heterocycles. The van der Waals surface area contributed by atoms with Crippen LogP contribution in [0, 0.1) is 6.92 Å². The molecule has 1 unspecified atom stereocenters. The van der Waals surface area contributed by atoms with E-state index in [0.29, 0.717) is 6.54 Å². The van der Waals surface area contributed by atoms with Crippen molar-refractivity contribution in [3.8, 4) is 5.75 Å². The van der Waals surface area contributed by atoms with Crippen molar-refractivity contribution >= 4 is 5.91 Å². The topological polar surface area (TPSA) is 64.3 Å². The lowest BCUT2D eigenvalue weighted by atomic mass is 10.1. The first-order chi connectivity index (χ1) is 10.1. The highest BCUT2D eigenvalue weighted by atomic mass is 16.5. The summed E-state index contributed by atoms with van der Waals surface area (Å²) in [6.07, 6.45) is 0. The molecule has 0 saturated carbocycles. The number of aryl methyl sites for hydroxylation is 1. The molecule has 4 heteroatoms. The molecule has 2 aromatic carbocycles. The molecule has 1 amide bonds. The second-order valence-electron chi connectivity index (χ2n) is 4.92. The van der Waals surface area contributed by atoms with Crippen LogP contribution in [0.2, 0.25) is 0 Å². The number of benzene rings is 2. The van der Waals surface area contributed by atoms with Crippen LogP contribution >= 0.6 is 0 Å². The molecule has 2 rings (SSSR count). The Bertz CT molecular complexity index is 608. The highest BCUT2D eigenvalue weighted by Crippen LogP contribution is 2.17. The Morgan fingerprint density at radius 3 is 2.52 bits per heavy atom. The van der Waals surface area contributed by atoms with E-state index in [1.54, 1.807) is 7.11 Å². The molecule has 0 fully saturated rings. The first-order valence-electron chi connectivity index (χ1n) is 6.83. The summed E-state index contributed by atoms with van der Waals surface area (Å²) in [5.74, 6) is 0.548. The molecule has 0 heterocycles. The molecule has 4 nitrogen and oxygen atoms in total. The first-order valence-corrected chi connectivity index (χ1v) is 6.83. The van der Waals surface area contributed by atoms with Gasteiger partial charge in [-0.3, -0.25) is 4.79 Å². The Hall–Kier alpha value is -2.33. The fourth-order valence-electron chi connectivity index (χ4n) is 2.07. The van der Waals surface area contributed by atoms with Gasteiger partial charge in [-0.1, -0.05) is 48.0 Å². The molecule has 3 N–H and O–H groups in total. The van der Waals surface area contributed by atoms with Crippen LogP contribution < -0.4 is 15.8 Å². The molecule has 0 aliphatic rings. The van der Waals surface area contributed by atoms with Crippen molar-refractivity contribution in [3.05, 3.63) is 65.2 Å². The van der Waals surface area contributed by atoms with Gasteiger partial charge in [-0.15, -0.1) is 0 Å². The lowest BCUT2D eigenvalue weighted by molar-refractivity contribution is -0.122. The van der Waals surface area contributed by atoms with E-state index in [2.05, 4.69) is 5.32 Å². The fourth-order valence-corrected chi connectivity index (χ4v) is 2.07. The van der Waals surface area contributed by atoms with Gasteiger partial charge in [0, 0.05) is 12.1 Å². The van der Waals surface area contributed by atoms with Crippen molar-refractivity contribution in [2.75, 3.05) is 7.11 Å². The summed E-state index contributed by atoms with van der Waals surface area (Å²) in [5.41, 5.74) is 8.84. The molecule has 0 bridgehead atoms. The first kappa shape index (κ1) is 15.1. The molecule has 0 aromatic heterocycles. The third kappa shape index (κ3) is 3.83. The predicted octanol–water partition coefficient (Wildman–Crippen LogP) is 2.32. The lowest BCUT2D eigenvalue weighted by Gasteiger charge is -2.14. The second kappa shape index (κ2) is 6.90. The average molecular weight is 284 g/mol. The molecular weight excluding hydrogens is 264 g/mol. The molecule has 0 spiro atoms. The summed E-state index contributed by atoms with van der Waals surface area (Å²) in [6, 6.07) is 14.6. The van der Waals surface area contributed by atoms with Gasteiger partial charge < -0.3 is 15.8 Å². The number of amides is 1. The summed E-state index contributed by atoms with van der Waals surface area (Å²) < 4.78 is 5.25. The number of nitrogens with one attached hydrogen (secondary N) is 1. The number of carbonyl (C=O) groups excluding carboxylic acids is 1. The van der Waals surface area contributed by atoms with Crippen LogP contribution in [0.1, 0.15) is 22.7 Å². The minimum absolute atomic E-state index is 0.204. The maximum Gasteiger partial charge on any atom is 0.241 e. The van der Waals surface area contributed by atoms with Crippen LogP contribution in [0.4, 0.5) is 0 Å². The van der Waals surface area contributed by atoms with Gasteiger partial charge in [0.05, 0.1) is 7.11 Å². The van der Waals surface area contributed by atoms with Crippen molar-refractivity contribution in [1.29, 1.82) is 0 Å². The van der Waals surface area contributed by atoms with Gasteiger partial charge >= 0.3 is 0 Å². The predicted molar refractivity (Wildman–Crippen MR) is 82.9 cm³/mol. The second-order valence-corrected chi connectivity index (χ2v) is 4.92. The highest BCUT2D eigenvalue weighted by Gasteiger charge is 2.15. The van der Waals surface area contributed by atoms with Crippen LogP contribution in [0.25, 0.3) is 0 Å². The number of hydrogen-bond donors (Lipinski definition) is 2. The molecule has 1 atom stereocenters. The van der Waals surface area contributed by atoms with Gasteiger partial charge in [0.1, 0.15) is 11.8 Å². The van der Waals surface area contributed by atoms with Gasteiger partial charge in [0.2, 0.25) is 5.91 Å². The van der Waals surface area contributed by atoms with E-state index in [9.17, 15) is 4.79 Å². The molecule has 21 heavy (non-hydrogen) atoms. The fraction of sp³-hybridized carbons (Fsp3) is 0.235. The highest BCUT2D eigenvalue weighted by molar-refractivity contribution is 5.82. The Kier molecular flexibility index (Phi) is 4.95. The zero-order chi connectivity index (χ0) is 15.2. The van der Waals surface area contributed by atoms with E-state index in [1.807, 2.05) is 55.5 Å². The van der Waals surface area contributed by atoms with E-state index in [4.69, 9.17) is 10.5 Å². The quantitative estimate of drug-likeness (QED) is 0.885. The summed E-state index contributed by atoms with van der Waals surface area (Å²) in [7, 11) is 1.61. The average Bonchev–Trinajstić information content (AvgIpc) is 2.52. The van der Waals surface area contributed by atoms with Crippen LogP contribution in [-0.4, -0.2) is 13.0 Å². The van der Waals surface area contributed by atoms with Gasteiger partial charge in [-0.2, -0.15) is 0 Å². The monoisotopic (exact) mass is 284 g/mol. The molecule has 110 valence electrons. The van der Waals surface area contributed by atoms with E-state index >= 15 is 0 Å².